The molecule has 4 heteroatoms. The molecule has 0 aromatic rings. The van der Waals surface area contributed by atoms with Gasteiger partial charge in [0.2, 0.25) is 5.91 Å². The first-order valence-electron chi connectivity index (χ1n) is 7.82. The number of amides is 1. The van der Waals surface area contributed by atoms with Gasteiger partial charge >= 0.3 is 0 Å². The second-order valence-corrected chi connectivity index (χ2v) is 5.99. The van der Waals surface area contributed by atoms with Crippen LogP contribution in [0.15, 0.2) is 0 Å². The van der Waals surface area contributed by atoms with Crippen molar-refractivity contribution in [1.82, 2.24) is 10.6 Å². The molecule has 2 unspecified atom stereocenters. The SMILES string of the molecule is CCCCC(NC(=O)C1CCCNC1)C1CCC1.Cl. The van der Waals surface area contributed by atoms with Crippen molar-refractivity contribution < 1.29 is 4.79 Å². The van der Waals surface area contributed by atoms with Crippen LogP contribution in [-0.2, 0) is 4.79 Å². The number of nitrogens with one attached hydrogen (secondary N) is 2. The minimum Gasteiger partial charge on any atom is -0.353 e. The van der Waals surface area contributed by atoms with Crippen LogP contribution in [0.4, 0.5) is 0 Å². The van der Waals surface area contributed by atoms with E-state index in [1.54, 1.807) is 0 Å². The Morgan fingerprint density at radius 3 is 2.63 bits per heavy atom. The number of halogens is 1. The van der Waals surface area contributed by atoms with Gasteiger partial charge in [-0.15, -0.1) is 12.4 Å². The normalized spacial score (nSPS) is 25.0. The third-order valence-electron chi connectivity index (χ3n) is 4.58. The summed E-state index contributed by atoms with van der Waals surface area (Å²) < 4.78 is 0. The average molecular weight is 289 g/mol. The molecular formula is C15H29ClN2O. The Hall–Kier alpha value is -0.280. The van der Waals surface area contributed by atoms with Gasteiger partial charge in [0.25, 0.3) is 0 Å². The largest absolute Gasteiger partial charge is 0.353 e. The van der Waals surface area contributed by atoms with Crippen molar-refractivity contribution in [2.75, 3.05) is 13.1 Å². The van der Waals surface area contributed by atoms with Gasteiger partial charge in [0.05, 0.1) is 5.92 Å². The van der Waals surface area contributed by atoms with Gasteiger partial charge in [-0.2, -0.15) is 0 Å². The molecule has 0 aromatic carbocycles. The fourth-order valence-electron chi connectivity index (χ4n) is 3.07. The maximum atomic E-state index is 12.3. The molecule has 19 heavy (non-hydrogen) atoms. The van der Waals surface area contributed by atoms with E-state index in [1.807, 2.05) is 0 Å². The first kappa shape index (κ1) is 16.8. The number of rotatable bonds is 6. The van der Waals surface area contributed by atoms with Gasteiger partial charge < -0.3 is 10.6 Å². The average Bonchev–Trinajstić information content (AvgIpc) is 2.34. The molecule has 112 valence electrons. The Labute approximate surface area is 123 Å². The van der Waals surface area contributed by atoms with Crippen molar-refractivity contribution in [2.45, 2.75) is 64.3 Å². The maximum Gasteiger partial charge on any atom is 0.224 e. The van der Waals surface area contributed by atoms with Crippen LogP contribution < -0.4 is 10.6 Å². The zero-order valence-corrected chi connectivity index (χ0v) is 12.9. The second kappa shape index (κ2) is 8.80. The molecule has 1 amide bonds. The molecule has 0 aromatic heterocycles. The molecular weight excluding hydrogens is 260 g/mol. The van der Waals surface area contributed by atoms with Gasteiger partial charge in [0, 0.05) is 12.6 Å². The van der Waals surface area contributed by atoms with Crippen molar-refractivity contribution in [3.8, 4) is 0 Å². The number of unbranched alkanes of at least 4 members (excludes halogenated alkanes) is 1. The number of carbonyl (C=O) groups is 1. The summed E-state index contributed by atoms with van der Waals surface area (Å²) in [6.07, 6.45) is 9.83. The van der Waals surface area contributed by atoms with Gasteiger partial charge in [-0.1, -0.05) is 26.2 Å². The minimum absolute atomic E-state index is 0. The zero-order chi connectivity index (χ0) is 12.8. The lowest BCUT2D eigenvalue weighted by Crippen LogP contribution is -2.48. The summed E-state index contributed by atoms with van der Waals surface area (Å²) in [5.74, 6) is 1.27. The fourth-order valence-corrected chi connectivity index (χ4v) is 3.07. The summed E-state index contributed by atoms with van der Waals surface area (Å²) in [5, 5.41) is 6.67. The molecule has 2 atom stereocenters. The summed E-state index contributed by atoms with van der Waals surface area (Å²) in [7, 11) is 0. The van der Waals surface area contributed by atoms with E-state index >= 15 is 0 Å². The molecule has 2 rings (SSSR count). The molecule has 1 heterocycles. The highest BCUT2D eigenvalue weighted by Gasteiger charge is 2.30. The Balaban J connectivity index is 0.00000180. The number of hydrogen-bond donors (Lipinski definition) is 2. The fraction of sp³-hybridized carbons (Fsp3) is 0.933. The maximum absolute atomic E-state index is 12.3. The molecule has 0 radical (unpaired) electrons. The molecule has 2 N–H and O–H groups in total. The quantitative estimate of drug-likeness (QED) is 0.789. The lowest BCUT2D eigenvalue weighted by atomic mass is 9.77. The van der Waals surface area contributed by atoms with Crippen LogP contribution in [0.25, 0.3) is 0 Å². The Bertz CT molecular complexity index is 263. The highest BCUT2D eigenvalue weighted by Crippen LogP contribution is 2.32. The lowest BCUT2D eigenvalue weighted by Gasteiger charge is -2.35. The van der Waals surface area contributed by atoms with E-state index in [9.17, 15) is 4.79 Å². The van der Waals surface area contributed by atoms with E-state index < -0.39 is 0 Å². The van der Waals surface area contributed by atoms with E-state index in [2.05, 4.69) is 17.6 Å². The number of hydrogen-bond acceptors (Lipinski definition) is 2. The Morgan fingerprint density at radius 1 is 1.32 bits per heavy atom. The highest BCUT2D eigenvalue weighted by atomic mass is 35.5. The lowest BCUT2D eigenvalue weighted by molar-refractivity contribution is -0.126. The van der Waals surface area contributed by atoms with E-state index in [4.69, 9.17) is 0 Å². The summed E-state index contributed by atoms with van der Waals surface area (Å²) in [5.41, 5.74) is 0. The van der Waals surface area contributed by atoms with Gasteiger partial charge in [-0.25, -0.2) is 0 Å². The molecule has 1 aliphatic carbocycles. The summed E-state index contributed by atoms with van der Waals surface area (Å²) in [4.78, 5) is 12.3. The Morgan fingerprint density at radius 2 is 2.11 bits per heavy atom. The Kier molecular flexibility index (Phi) is 7.77. The zero-order valence-electron chi connectivity index (χ0n) is 12.1. The highest BCUT2D eigenvalue weighted by molar-refractivity contribution is 5.85. The van der Waals surface area contributed by atoms with Gasteiger partial charge in [-0.3, -0.25) is 4.79 Å². The summed E-state index contributed by atoms with van der Waals surface area (Å²) >= 11 is 0. The molecule has 1 saturated carbocycles. The molecule has 1 aliphatic heterocycles. The molecule has 3 nitrogen and oxygen atoms in total. The molecule has 0 spiro atoms. The third kappa shape index (κ3) is 4.96. The smallest absolute Gasteiger partial charge is 0.224 e. The van der Waals surface area contributed by atoms with E-state index in [0.717, 1.165) is 31.8 Å². The molecule has 2 aliphatic rings. The molecule has 0 bridgehead atoms. The van der Waals surface area contributed by atoms with Gasteiger partial charge in [0.15, 0.2) is 0 Å². The van der Waals surface area contributed by atoms with Crippen molar-refractivity contribution >= 4 is 18.3 Å². The van der Waals surface area contributed by atoms with Crippen LogP contribution in [0.1, 0.15) is 58.3 Å². The standard InChI is InChI=1S/C15H28N2O.ClH/c1-2-3-9-14(12-6-4-7-12)17-15(18)13-8-5-10-16-11-13;/h12-14,16H,2-11H2,1H3,(H,17,18);1H. The van der Waals surface area contributed by atoms with E-state index in [-0.39, 0.29) is 18.3 Å². The minimum atomic E-state index is 0. The van der Waals surface area contributed by atoms with E-state index in [1.165, 1.54) is 38.5 Å². The van der Waals surface area contributed by atoms with Crippen molar-refractivity contribution in [3.05, 3.63) is 0 Å². The van der Waals surface area contributed by atoms with Crippen LogP contribution in [0.5, 0.6) is 0 Å². The topological polar surface area (TPSA) is 41.1 Å². The third-order valence-corrected chi connectivity index (χ3v) is 4.58. The van der Waals surface area contributed by atoms with Crippen LogP contribution in [0.2, 0.25) is 0 Å². The van der Waals surface area contributed by atoms with E-state index in [0.29, 0.717) is 11.9 Å². The van der Waals surface area contributed by atoms with Gasteiger partial charge in [0.1, 0.15) is 0 Å². The number of carbonyl (C=O) groups excluding carboxylic acids is 1. The van der Waals surface area contributed by atoms with Crippen LogP contribution in [0, 0.1) is 11.8 Å². The predicted octanol–water partition coefficient (Wildman–Crippen LogP) is 2.88. The summed E-state index contributed by atoms with van der Waals surface area (Å²) in [6.45, 7) is 4.17. The summed E-state index contributed by atoms with van der Waals surface area (Å²) in [6, 6.07) is 0.452. The first-order chi connectivity index (χ1) is 8.81. The van der Waals surface area contributed by atoms with Crippen molar-refractivity contribution in [1.29, 1.82) is 0 Å². The number of piperidine rings is 1. The van der Waals surface area contributed by atoms with Crippen LogP contribution in [0.3, 0.4) is 0 Å². The first-order valence-corrected chi connectivity index (χ1v) is 7.82. The second-order valence-electron chi connectivity index (χ2n) is 5.99. The molecule has 2 fully saturated rings. The molecule has 1 saturated heterocycles. The predicted molar refractivity (Wildman–Crippen MR) is 81.6 cm³/mol. The van der Waals surface area contributed by atoms with Crippen LogP contribution >= 0.6 is 12.4 Å². The van der Waals surface area contributed by atoms with Gasteiger partial charge in [-0.05, 0) is 44.6 Å². The van der Waals surface area contributed by atoms with Crippen molar-refractivity contribution in [2.24, 2.45) is 11.8 Å². The van der Waals surface area contributed by atoms with Crippen molar-refractivity contribution in [3.63, 3.8) is 0 Å². The monoisotopic (exact) mass is 288 g/mol. The van der Waals surface area contributed by atoms with Crippen LogP contribution in [-0.4, -0.2) is 25.0 Å².